The largest absolute Gasteiger partial charge is 0.500 e. The van der Waals surface area contributed by atoms with Crippen molar-refractivity contribution in [3.05, 3.63) is 0 Å². The molecule has 0 aliphatic rings. The van der Waals surface area contributed by atoms with Crippen LogP contribution in [0.5, 0.6) is 0 Å². The van der Waals surface area contributed by atoms with Crippen LogP contribution >= 0.6 is 0 Å². The van der Waals surface area contributed by atoms with Crippen LogP contribution in [0.1, 0.15) is 59.8 Å². The fraction of sp³-hybridized carbons (Fsp3) is 0.929. The Morgan fingerprint density at radius 2 is 1.20 bits per heavy atom. The summed E-state index contributed by atoms with van der Waals surface area (Å²) in [5.74, 6) is 0. The van der Waals surface area contributed by atoms with E-state index in [1.54, 1.807) is 0 Å². The summed E-state index contributed by atoms with van der Waals surface area (Å²) >= 11 is 0. The maximum atomic E-state index is 8.35. The lowest BCUT2D eigenvalue weighted by Crippen LogP contribution is -2.46. The Bertz CT molecular complexity index is 196. The van der Waals surface area contributed by atoms with Crippen LogP contribution in [0.15, 0.2) is 0 Å². The Kier molecular flexibility index (Phi) is 18.0. The lowest BCUT2D eigenvalue weighted by molar-refractivity contribution is 0.0587. The van der Waals surface area contributed by atoms with Crippen molar-refractivity contribution in [1.29, 1.82) is 5.41 Å². The highest BCUT2D eigenvalue weighted by Gasteiger charge is 2.39. The molecule has 0 saturated carbocycles. The first-order valence-electron chi connectivity index (χ1n) is 7.61. The molecule has 0 saturated heterocycles. The molecule has 1 N–H and O–H groups in total. The van der Waals surface area contributed by atoms with Gasteiger partial charge in [-0.15, -0.1) is 0 Å². The van der Waals surface area contributed by atoms with Crippen molar-refractivity contribution in [1.82, 2.24) is 0 Å². The standard InChI is InChI=1S/C13H30O3Si.CHNO/c1-5-9-13-17(14-10-6-2,15-11-7-3)16-12-8-4;2-1-3/h5-13H2,1-4H3;2H. The van der Waals surface area contributed by atoms with Crippen LogP contribution in [0.25, 0.3) is 0 Å². The minimum atomic E-state index is -2.38. The maximum Gasteiger partial charge on any atom is 0.500 e. The number of isocyanates is 1. The molecule has 0 aromatic rings. The second kappa shape index (κ2) is 16.5. The molecule has 0 aliphatic carbocycles. The molecule has 0 radical (unpaired) electrons. The highest BCUT2D eigenvalue weighted by molar-refractivity contribution is 6.60. The zero-order valence-electron chi connectivity index (χ0n) is 13.5. The van der Waals surface area contributed by atoms with Gasteiger partial charge in [0.05, 0.1) is 0 Å². The summed E-state index contributed by atoms with van der Waals surface area (Å²) < 4.78 is 17.9. The van der Waals surface area contributed by atoms with E-state index >= 15 is 0 Å². The molecule has 0 amide bonds. The van der Waals surface area contributed by atoms with E-state index < -0.39 is 8.80 Å². The molecular formula is C14H31NO4Si. The lowest BCUT2D eigenvalue weighted by atomic mass is 10.4. The smallest absolute Gasteiger partial charge is 0.373 e. The van der Waals surface area contributed by atoms with E-state index in [2.05, 4.69) is 27.7 Å². The third-order valence-electron chi connectivity index (χ3n) is 2.41. The number of carbonyl (C=O) groups excluding carboxylic acids is 1. The van der Waals surface area contributed by atoms with Gasteiger partial charge < -0.3 is 13.3 Å². The topological polar surface area (TPSA) is 68.6 Å². The van der Waals surface area contributed by atoms with Crippen molar-refractivity contribution in [3.63, 3.8) is 0 Å². The van der Waals surface area contributed by atoms with E-state index in [0.717, 1.165) is 64.0 Å². The predicted molar refractivity (Wildman–Crippen MR) is 82.6 cm³/mol. The summed E-state index contributed by atoms with van der Waals surface area (Å²) in [5.41, 5.74) is 0. The fourth-order valence-electron chi connectivity index (χ4n) is 1.51. The number of hydrogen-bond acceptors (Lipinski definition) is 5. The Balaban J connectivity index is 0. The van der Waals surface area contributed by atoms with Crippen molar-refractivity contribution in [3.8, 4) is 0 Å². The van der Waals surface area contributed by atoms with E-state index in [4.69, 9.17) is 23.5 Å². The molecule has 0 atom stereocenters. The van der Waals surface area contributed by atoms with Crippen LogP contribution in [0.4, 0.5) is 0 Å². The lowest BCUT2D eigenvalue weighted by Gasteiger charge is -2.29. The van der Waals surface area contributed by atoms with Gasteiger partial charge in [0.25, 0.3) is 0 Å². The molecule has 0 aliphatic heterocycles. The second-order valence-electron chi connectivity index (χ2n) is 4.43. The minimum Gasteiger partial charge on any atom is -0.373 e. The summed E-state index contributed by atoms with van der Waals surface area (Å²) in [4.78, 5) is 8.35. The van der Waals surface area contributed by atoms with E-state index in [9.17, 15) is 0 Å². The zero-order valence-corrected chi connectivity index (χ0v) is 14.5. The van der Waals surface area contributed by atoms with E-state index in [1.807, 2.05) is 0 Å². The van der Waals surface area contributed by atoms with Crippen LogP contribution in [-0.2, 0) is 18.1 Å². The predicted octanol–water partition coefficient (Wildman–Crippen LogP) is 3.91. The Hall–Kier alpha value is -0.523. The molecular weight excluding hydrogens is 274 g/mol. The van der Waals surface area contributed by atoms with E-state index in [0.29, 0.717) is 0 Å². The van der Waals surface area contributed by atoms with E-state index in [1.165, 1.54) is 0 Å². The highest BCUT2D eigenvalue weighted by atomic mass is 28.4. The summed E-state index contributed by atoms with van der Waals surface area (Å²) in [5, 5.41) is 5.40. The highest BCUT2D eigenvalue weighted by Crippen LogP contribution is 2.20. The number of unbranched alkanes of at least 4 members (excludes halogenated alkanes) is 1. The molecule has 0 rings (SSSR count). The van der Waals surface area contributed by atoms with Crippen molar-refractivity contribution >= 4 is 14.9 Å². The molecule has 120 valence electrons. The number of nitrogens with one attached hydrogen (secondary N) is 1. The van der Waals surface area contributed by atoms with Gasteiger partial charge in [-0.05, 0) is 25.7 Å². The van der Waals surface area contributed by atoms with Gasteiger partial charge in [-0.1, -0.05) is 34.1 Å². The van der Waals surface area contributed by atoms with Crippen molar-refractivity contribution < 1.29 is 18.1 Å². The van der Waals surface area contributed by atoms with Gasteiger partial charge in [-0.3, -0.25) is 0 Å². The van der Waals surface area contributed by atoms with Gasteiger partial charge in [0.15, 0.2) is 0 Å². The monoisotopic (exact) mass is 305 g/mol. The normalized spacial score (nSPS) is 10.6. The van der Waals surface area contributed by atoms with Gasteiger partial charge >= 0.3 is 8.80 Å². The first-order valence-corrected chi connectivity index (χ1v) is 9.55. The molecule has 0 heterocycles. The van der Waals surface area contributed by atoms with Gasteiger partial charge in [0, 0.05) is 25.9 Å². The summed E-state index contributed by atoms with van der Waals surface area (Å²) in [6, 6.07) is 0.962. The SMILES string of the molecule is CCCC[Si](OCCC)(OCCC)OCCC.N=C=O. The quantitative estimate of drug-likeness (QED) is 0.337. The average Bonchev–Trinajstić information content (AvgIpc) is 2.46. The average molecular weight is 305 g/mol. The molecule has 0 spiro atoms. The molecule has 0 aromatic carbocycles. The molecule has 20 heavy (non-hydrogen) atoms. The van der Waals surface area contributed by atoms with E-state index in [-0.39, 0.29) is 0 Å². The molecule has 6 heteroatoms. The summed E-state index contributed by atoms with van der Waals surface area (Å²) in [6.07, 6.45) is 6.10. The molecule has 0 aromatic heterocycles. The Morgan fingerprint density at radius 3 is 1.45 bits per heavy atom. The maximum absolute atomic E-state index is 8.35. The number of hydrogen-bond donors (Lipinski definition) is 1. The minimum absolute atomic E-state index is 0.750. The van der Waals surface area contributed by atoms with Crippen LogP contribution in [-0.4, -0.2) is 34.7 Å². The van der Waals surface area contributed by atoms with Crippen LogP contribution in [0.2, 0.25) is 6.04 Å². The van der Waals surface area contributed by atoms with Crippen LogP contribution < -0.4 is 0 Å². The van der Waals surface area contributed by atoms with Gasteiger partial charge in [-0.25, -0.2) is 10.2 Å². The Labute approximate surface area is 124 Å². The van der Waals surface area contributed by atoms with Crippen molar-refractivity contribution in [2.75, 3.05) is 19.8 Å². The second-order valence-corrected chi connectivity index (χ2v) is 7.17. The molecule has 0 unspecified atom stereocenters. The van der Waals surface area contributed by atoms with Crippen molar-refractivity contribution in [2.45, 2.75) is 65.8 Å². The van der Waals surface area contributed by atoms with Crippen molar-refractivity contribution in [2.24, 2.45) is 0 Å². The summed E-state index contributed by atoms with van der Waals surface area (Å²) in [7, 11) is -2.38. The fourth-order valence-corrected chi connectivity index (χ4v) is 4.52. The first kappa shape index (κ1) is 21.8. The third kappa shape index (κ3) is 12.5. The number of rotatable bonds is 12. The van der Waals surface area contributed by atoms with Gasteiger partial charge in [0.2, 0.25) is 6.08 Å². The molecule has 0 fully saturated rings. The third-order valence-corrected chi connectivity index (χ3v) is 5.31. The van der Waals surface area contributed by atoms with Gasteiger partial charge in [-0.2, -0.15) is 0 Å². The first-order chi connectivity index (χ1) is 9.66. The van der Waals surface area contributed by atoms with Crippen LogP contribution in [0, 0.1) is 5.41 Å². The molecule has 0 bridgehead atoms. The van der Waals surface area contributed by atoms with Crippen LogP contribution in [0.3, 0.4) is 0 Å². The Morgan fingerprint density at radius 1 is 0.850 bits per heavy atom. The molecule has 5 nitrogen and oxygen atoms in total. The summed E-state index contributed by atoms with van der Waals surface area (Å²) in [6.45, 7) is 10.8. The van der Waals surface area contributed by atoms with Gasteiger partial charge in [0.1, 0.15) is 0 Å². The zero-order chi connectivity index (χ0) is 15.7.